The predicted octanol–water partition coefficient (Wildman–Crippen LogP) is 7.68. The first kappa shape index (κ1) is 28.5. The normalized spacial score (nSPS) is 16.5. The topological polar surface area (TPSA) is 84.7 Å². The number of rotatable bonds is 8. The molecule has 2 saturated carbocycles. The van der Waals surface area contributed by atoms with Crippen LogP contribution in [0.2, 0.25) is 5.02 Å². The lowest BCUT2D eigenvalue weighted by atomic mass is 9.89. The number of carbonyl (C=O) groups is 1. The van der Waals surface area contributed by atoms with E-state index < -0.39 is 11.6 Å². The monoisotopic (exact) mass is 592 g/mol. The van der Waals surface area contributed by atoms with Crippen LogP contribution in [-0.4, -0.2) is 31.5 Å². The van der Waals surface area contributed by atoms with Crippen LogP contribution in [0.4, 0.5) is 14.7 Å². The van der Waals surface area contributed by atoms with E-state index in [9.17, 15) is 13.6 Å². The number of halogens is 3. The molecule has 220 valence electrons. The van der Waals surface area contributed by atoms with Gasteiger partial charge in [-0.2, -0.15) is 4.98 Å². The molecule has 1 amide bonds. The molecule has 0 radical (unpaired) electrons. The summed E-state index contributed by atoms with van der Waals surface area (Å²) in [5.41, 5.74) is 3.15. The lowest BCUT2D eigenvalue weighted by molar-refractivity contribution is 0.0927. The second kappa shape index (κ2) is 12.7. The van der Waals surface area contributed by atoms with E-state index in [0.29, 0.717) is 45.0 Å². The first-order chi connectivity index (χ1) is 20.4. The summed E-state index contributed by atoms with van der Waals surface area (Å²) in [7, 11) is 0. The lowest BCUT2D eigenvalue weighted by Crippen LogP contribution is -2.36. The summed E-state index contributed by atoms with van der Waals surface area (Å²) in [4.78, 5) is 27.1. The number of benzene rings is 2. The molecule has 0 aliphatic heterocycles. The maximum Gasteiger partial charge on any atom is 0.251 e. The molecule has 0 bridgehead atoms. The highest BCUT2D eigenvalue weighted by atomic mass is 35.5. The summed E-state index contributed by atoms with van der Waals surface area (Å²) < 4.78 is 29.1. The minimum absolute atomic E-state index is 0.103. The van der Waals surface area contributed by atoms with E-state index in [-0.39, 0.29) is 18.5 Å². The van der Waals surface area contributed by atoms with Crippen LogP contribution in [-0.2, 0) is 13.1 Å². The van der Waals surface area contributed by atoms with E-state index in [0.717, 1.165) is 62.8 Å². The number of hydrogen-bond donors (Lipinski definition) is 2. The average molecular weight is 593 g/mol. The van der Waals surface area contributed by atoms with Crippen LogP contribution in [0, 0.1) is 17.6 Å². The van der Waals surface area contributed by atoms with Crippen LogP contribution >= 0.6 is 11.6 Å². The van der Waals surface area contributed by atoms with Gasteiger partial charge in [-0.1, -0.05) is 56.2 Å². The van der Waals surface area contributed by atoms with Gasteiger partial charge in [-0.3, -0.25) is 4.79 Å². The van der Waals surface area contributed by atoms with Gasteiger partial charge in [0.05, 0.1) is 11.2 Å². The number of imidazole rings is 1. The third-order valence-electron chi connectivity index (χ3n) is 8.50. The summed E-state index contributed by atoms with van der Waals surface area (Å²) in [5, 5.41) is 6.74. The van der Waals surface area contributed by atoms with Crippen LogP contribution in [0.3, 0.4) is 0 Å². The van der Waals surface area contributed by atoms with E-state index in [1.165, 1.54) is 31.7 Å². The molecule has 2 aromatic carbocycles. The Morgan fingerprint density at radius 3 is 2.43 bits per heavy atom. The molecule has 2 N–H and O–H groups in total. The second-order valence-corrected chi connectivity index (χ2v) is 12.0. The summed E-state index contributed by atoms with van der Waals surface area (Å²) in [6.07, 6.45) is 13.1. The van der Waals surface area contributed by atoms with Gasteiger partial charge in [0, 0.05) is 30.3 Å². The zero-order valence-corrected chi connectivity index (χ0v) is 24.3. The van der Waals surface area contributed by atoms with E-state index in [1.54, 1.807) is 12.3 Å². The molecule has 2 aromatic heterocycles. The Bertz CT molecular complexity index is 1580. The third-order valence-corrected chi connectivity index (χ3v) is 8.81. The summed E-state index contributed by atoms with van der Waals surface area (Å²) in [5.74, 6) is -0.338. The smallest absolute Gasteiger partial charge is 0.251 e. The number of hydrogen-bond acceptors (Lipinski definition) is 5. The molecule has 4 aromatic rings. The van der Waals surface area contributed by atoms with Crippen LogP contribution in [0.25, 0.3) is 22.6 Å². The summed E-state index contributed by atoms with van der Waals surface area (Å²) in [6, 6.07) is 9.41. The minimum atomic E-state index is -0.893. The van der Waals surface area contributed by atoms with Gasteiger partial charge in [0.25, 0.3) is 5.91 Å². The first-order valence-corrected chi connectivity index (χ1v) is 15.3. The highest BCUT2D eigenvalue weighted by molar-refractivity contribution is 6.33. The highest BCUT2D eigenvalue weighted by Crippen LogP contribution is 2.34. The molecule has 0 spiro atoms. The van der Waals surface area contributed by atoms with Crippen LogP contribution in [0.1, 0.15) is 80.1 Å². The molecule has 0 atom stereocenters. The maximum atomic E-state index is 13.7. The fourth-order valence-corrected chi connectivity index (χ4v) is 6.46. The fourth-order valence-electron chi connectivity index (χ4n) is 6.19. The van der Waals surface area contributed by atoms with Gasteiger partial charge >= 0.3 is 0 Å². The number of anilines is 1. The molecule has 42 heavy (non-hydrogen) atoms. The summed E-state index contributed by atoms with van der Waals surface area (Å²) in [6.45, 7) is 0.980. The Hall–Kier alpha value is -3.59. The average Bonchev–Trinajstić information content (AvgIpc) is 3.35. The molecule has 2 fully saturated rings. The van der Waals surface area contributed by atoms with Crippen molar-refractivity contribution in [1.29, 1.82) is 0 Å². The highest BCUT2D eigenvalue weighted by Gasteiger charge is 2.23. The largest absolute Gasteiger partial charge is 0.350 e. The van der Waals surface area contributed by atoms with Crippen LogP contribution in [0.15, 0.2) is 42.6 Å². The molecule has 2 aliphatic carbocycles. The van der Waals surface area contributed by atoms with Gasteiger partial charge in [0.15, 0.2) is 17.3 Å². The maximum absolute atomic E-state index is 13.7. The minimum Gasteiger partial charge on any atom is -0.350 e. The molecule has 0 unspecified atom stereocenters. The Balaban J connectivity index is 1.29. The number of nitrogens with one attached hydrogen (secondary N) is 2. The zero-order chi connectivity index (χ0) is 29.1. The van der Waals surface area contributed by atoms with Crippen molar-refractivity contribution < 1.29 is 13.6 Å². The first-order valence-electron chi connectivity index (χ1n) is 15.0. The van der Waals surface area contributed by atoms with Crippen molar-refractivity contribution in [1.82, 2.24) is 24.8 Å². The molecule has 0 saturated heterocycles. The number of amides is 1. The fraction of sp³-hybridized carbons (Fsp3) is 0.438. The SMILES string of the molecule is O=C(NC1CCCCC1)c1ccc(-c2nc3cnc(NCc4ccc(F)c(F)c4)nc3n2CC2CCCCC2)c(Cl)c1. The van der Waals surface area contributed by atoms with E-state index in [4.69, 9.17) is 21.6 Å². The number of carbonyl (C=O) groups excluding carboxylic acids is 1. The predicted molar refractivity (Wildman–Crippen MR) is 160 cm³/mol. The van der Waals surface area contributed by atoms with E-state index >= 15 is 0 Å². The summed E-state index contributed by atoms with van der Waals surface area (Å²) >= 11 is 6.83. The van der Waals surface area contributed by atoms with Crippen molar-refractivity contribution in [2.75, 3.05) is 5.32 Å². The van der Waals surface area contributed by atoms with Crippen molar-refractivity contribution in [3.05, 3.63) is 70.4 Å². The number of nitrogens with zero attached hydrogens (tertiary/aromatic N) is 4. The molecular weight excluding hydrogens is 558 g/mol. The van der Waals surface area contributed by atoms with Gasteiger partial charge < -0.3 is 15.2 Å². The van der Waals surface area contributed by atoms with Gasteiger partial charge in [-0.05, 0) is 67.5 Å². The molecule has 7 nitrogen and oxygen atoms in total. The van der Waals surface area contributed by atoms with Crippen molar-refractivity contribution in [3.63, 3.8) is 0 Å². The molecule has 2 heterocycles. The van der Waals surface area contributed by atoms with Gasteiger partial charge in [-0.15, -0.1) is 0 Å². The molecule has 6 rings (SSSR count). The molecule has 2 aliphatic rings. The standard InChI is InChI=1S/C32H35ClF2N6O/c33-25-16-22(31(42)38-23-9-5-2-6-10-23)12-13-24(25)29-39-28-18-37-32(36-17-21-11-14-26(34)27(35)15-21)40-30(28)41(29)19-20-7-3-1-4-8-20/h11-16,18,20,23H,1-10,17,19H2,(H,38,42)(H,36,37,40). The van der Waals surface area contributed by atoms with Crippen molar-refractivity contribution in [2.45, 2.75) is 83.3 Å². The Morgan fingerprint density at radius 2 is 1.69 bits per heavy atom. The Kier molecular flexibility index (Phi) is 8.65. The van der Waals surface area contributed by atoms with Crippen molar-refractivity contribution >= 4 is 34.6 Å². The quantitative estimate of drug-likeness (QED) is 0.219. The van der Waals surface area contributed by atoms with Gasteiger partial charge in [-0.25, -0.2) is 18.7 Å². The van der Waals surface area contributed by atoms with Crippen molar-refractivity contribution in [2.24, 2.45) is 5.92 Å². The second-order valence-electron chi connectivity index (χ2n) is 11.6. The van der Waals surface area contributed by atoms with Gasteiger partial charge in [0.2, 0.25) is 5.95 Å². The van der Waals surface area contributed by atoms with Crippen LogP contribution in [0.5, 0.6) is 0 Å². The molecular formula is C32H35ClF2N6O. The molecule has 10 heteroatoms. The van der Waals surface area contributed by atoms with E-state index in [1.807, 2.05) is 12.1 Å². The number of fused-ring (bicyclic) bond motifs is 1. The van der Waals surface area contributed by atoms with E-state index in [2.05, 4.69) is 20.2 Å². The van der Waals surface area contributed by atoms with Crippen LogP contribution < -0.4 is 10.6 Å². The Labute approximate surface area is 249 Å². The Morgan fingerprint density at radius 1 is 0.929 bits per heavy atom. The zero-order valence-electron chi connectivity index (χ0n) is 23.5. The lowest BCUT2D eigenvalue weighted by Gasteiger charge is -2.23. The third kappa shape index (κ3) is 6.41. The number of aromatic nitrogens is 4. The van der Waals surface area contributed by atoms with Gasteiger partial charge in [0.1, 0.15) is 11.3 Å². The van der Waals surface area contributed by atoms with Crippen molar-refractivity contribution in [3.8, 4) is 11.4 Å².